The van der Waals surface area contributed by atoms with E-state index in [1.54, 1.807) is 24.4 Å². The number of nitrogens with zero attached hydrogens (tertiary/aromatic N) is 2. The number of hydrogen-bond donors (Lipinski definition) is 1. The van der Waals surface area contributed by atoms with Gasteiger partial charge in [0.25, 0.3) is 0 Å². The van der Waals surface area contributed by atoms with Crippen LogP contribution in [0.4, 0.5) is 14.6 Å². The molecule has 0 aliphatic rings. The smallest absolute Gasteiger partial charge is 0.146 e. The molecule has 0 fully saturated rings. The predicted molar refractivity (Wildman–Crippen MR) is 61.8 cm³/mol. The Kier molecular flexibility index (Phi) is 3.40. The standard InChI is InChI=1S/C12H9F2N3/c13-10-5-4-9(11(14)7-10)8-16-17-12-3-1-2-6-15-12/h1-8H,(H,15,17). The van der Waals surface area contributed by atoms with Crippen LogP contribution in [0.15, 0.2) is 47.7 Å². The minimum Gasteiger partial charge on any atom is -0.261 e. The maximum Gasteiger partial charge on any atom is 0.146 e. The lowest BCUT2D eigenvalue weighted by Gasteiger charge is -1.98. The molecule has 1 N–H and O–H groups in total. The SMILES string of the molecule is Fc1ccc(C=NNc2ccccn2)c(F)c1. The van der Waals surface area contributed by atoms with Crippen molar-refractivity contribution in [3.8, 4) is 0 Å². The lowest BCUT2D eigenvalue weighted by Crippen LogP contribution is -1.95. The average Bonchev–Trinajstić information content (AvgIpc) is 2.33. The minimum atomic E-state index is -0.656. The van der Waals surface area contributed by atoms with Gasteiger partial charge in [-0.05, 0) is 24.3 Å². The second-order valence-corrected chi connectivity index (χ2v) is 3.25. The number of benzene rings is 1. The highest BCUT2D eigenvalue weighted by atomic mass is 19.1. The van der Waals surface area contributed by atoms with Gasteiger partial charge in [-0.2, -0.15) is 5.10 Å². The van der Waals surface area contributed by atoms with E-state index < -0.39 is 11.6 Å². The molecule has 2 aromatic rings. The molecule has 0 aliphatic carbocycles. The summed E-state index contributed by atoms with van der Waals surface area (Å²) in [6.45, 7) is 0. The monoisotopic (exact) mass is 233 g/mol. The van der Waals surface area contributed by atoms with Crippen molar-refractivity contribution in [2.75, 3.05) is 5.43 Å². The minimum absolute atomic E-state index is 0.204. The number of nitrogens with one attached hydrogen (secondary N) is 1. The fraction of sp³-hybridized carbons (Fsp3) is 0. The Morgan fingerprint density at radius 3 is 2.76 bits per heavy atom. The molecule has 1 aromatic heterocycles. The maximum atomic E-state index is 13.2. The van der Waals surface area contributed by atoms with Crippen molar-refractivity contribution in [1.29, 1.82) is 0 Å². The number of halogens is 2. The molecule has 0 saturated heterocycles. The first-order valence-corrected chi connectivity index (χ1v) is 4.91. The van der Waals surface area contributed by atoms with E-state index in [-0.39, 0.29) is 5.56 Å². The number of rotatable bonds is 3. The van der Waals surface area contributed by atoms with Crippen molar-refractivity contribution in [1.82, 2.24) is 4.98 Å². The topological polar surface area (TPSA) is 37.3 Å². The van der Waals surface area contributed by atoms with Gasteiger partial charge in [-0.3, -0.25) is 5.43 Å². The highest BCUT2D eigenvalue weighted by Gasteiger charge is 2.00. The van der Waals surface area contributed by atoms with Crippen molar-refractivity contribution in [3.05, 3.63) is 59.8 Å². The summed E-state index contributed by atoms with van der Waals surface area (Å²) in [7, 11) is 0. The van der Waals surface area contributed by atoms with Crippen LogP contribution in [0.25, 0.3) is 0 Å². The fourth-order valence-electron chi connectivity index (χ4n) is 1.20. The molecule has 3 nitrogen and oxygen atoms in total. The van der Waals surface area contributed by atoms with Crippen LogP contribution in [0.2, 0.25) is 0 Å². The Bertz CT molecular complexity index is 527. The lowest BCUT2D eigenvalue weighted by atomic mass is 10.2. The van der Waals surface area contributed by atoms with Crippen LogP contribution in [-0.4, -0.2) is 11.2 Å². The van der Waals surface area contributed by atoms with E-state index in [9.17, 15) is 8.78 Å². The van der Waals surface area contributed by atoms with Gasteiger partial charge in [0.1, 0.15) is 17.5 Å². The van der Waals surface area contributed by atoms with Crippen molar-refractivity contribution >= 4 is 12.0 Å². The Morgan fingerprint density at radius 2 is 2.06 bits per heavy atom. The zero-order valence-electron chi connectivity index (χ0n) is 8.77. The third-order valence-electron chi connectivity index (χ3n) is 2.01. The zero-order valence-corrected chi connectivity index (χ0v) is 8.77. The number of pyridine rings is 1. The molecule has 2 rings (SSSR count). The van der Waals surface area contributed by atoms with Crippen LogP contribution in [0.3, 0.4) is 0 Å². The zero-order chi connectivity index (χ0) is 12.1. The van der Waals surface area contributed by atoms with Gasteiger partial charge >= 0.3 is 0 Å². The molecule has 0 unspecified atom stereocenters. The molecule has 0 amide bonds. The molecule has 0 radical (unpaired) electrons. The molecule has 1 aromatic carbocycles. The summed E-state index contributed by atoms with van der Waals surface area (Å²) in [6, 6.07) is 8.58. The third kappa shape index (κ3) is 3.07. The quantitative estimate of drug-likeness (QED) is 0.653. The number of hydrogen-bond acceptors (Lipinski definition) is 3. The third-order valence-corrected chi connectivity index (χ3v) is 2.01. The van der Waals surface area contributed by atoms with Gasteiger partial charge in [-0.1, -0.05) is 6.07 Å². The van der Waals surface area contributed by atoms with E-state index in [0.29, 0.717) is 5.82 Å². The van der Waals surface area contributed by atoms with Crippen molar-refractivity contribution in [2.24, 2.45) is 5.10 Å². The average molecular weight is 233 g/mol. The van der Waals surface area contributed by atoms with Gasteiger partial charge in [0.2, 0.25) is 0 Å². The highest BCUT2D eigenvalue weighted by Crippen LogP contribution is 2.07. The first-order valence-electron chi connectivity index (χ1n) is 4.91. The van der Waals surface area contributed by atoms with Gasteiger partial charge in [-0.25, -0.2) is 13.8 Å². The summed E-state index contributed by atoms with van der Waals surface area (Å²) in [6.07, 6.45) is 2.87. The van der Waals surface area contributed by atoms with Crippen LogP contribution in [-0.2, 0) is 0 Å². The van der Waals surface area contributed by atoms with E-state index in [1.807, 2.05) is 0 Å². The fourth-order valence-corrected chi connectivity index (χ4v) is 1.20. The molecule has 0 spiro atoms. The molecule has 0 aliphatic heterocycles. The largest absolute Gasteiger partial charge is 0.261 e. The Morgan fingerprint density at radius 1 is 1.18 bits per heavy atom. The van der Waals surface area contributed by atoms with Crippen molar-refractivity contribution in [2.45, 2.75) is 0 Å². The van der Waals surface area contributed by atoms with E-state index in [2.05, 4.69) is 15.5 Å². The Hall–Kier alpha value is -2.30. The number of hydrazone groups is 1. The van der Waals surface area contributed by atoms with Crippen molar-refractivity contribution in [3.63, 3.8) is 0 Å². The summed E-state index contributed by atoms with van der Waals surface area (Å²) in [5.74, 6) is -0.722. The molecular formula is C12H9F2N3. The molecular weight excluding hydrogens is 224 g/mol. The normalized spacial score (nSPS) is 10.7. The van der Waals surface area contributed by atoms with E-state index >= 15 is 0 Å². The van der Waals surface area contributed by atoms with E-state index in [1.165, 1.54) is 18.3 Å². The van der Waals surface area contributed by atoms with Crippen LogP contribution in [0.5, 0.6) is 0 Å². The van der Waals surface area contributed by atoms with E-state index in [0.717, 1.165) is 6.07 Å². The van der Waals surface area contributed by atoms with Crippen LogP contribution < -0.4 is 5.43 Å². The van der Waals surface area contributed by atoms with Gasteiger partial charge in [0.05, 0.1) is 6.21 Å². The Labute approximate surface area is 96.8 Å². The first-order chi connectivity index (χ1) is 8.25. The first kappa shape index (κ1) is 11.2. The number of aromatic nitrogens is 1. The van der Waals surface area contributed by atoms with Crippen LogP contribution in [0.1, 0.15) is 5.56 Å². The molecule has 0 atom stereocenters. The second kappa shape index (κ2) is 5.16. The highest BCUT2D eigenvalue weighted by molar-refractivity contribution is 5.80. The summed E-state index contributed by atoms with van der Waals surface area (Å²) < 4.78 is 25.8. The summed E-state index contributed by atoms with van der Waals surface area (Å²) in [5.41, 5.74) is 2.84. The molecule has 86 valence electrons. The summed E-state index contributed by atoms with van der Waals surface area (Å²) in [5, 5.41) is 3.80. The van der Waals surface area contributed by atoms with Gasteiger partial charge in [0, 0.05) is 17.8 Å². The molecule has 5 heteroatoms. The van der Waals surface area contributed by atoms with Gasteiger partial charge < -0.3 is 0 Å². The van der Waals surface area contributed by atoms with Crippen molar-refractivity contribution < 1.29 is 8.78 Å². The molecule has 1 heterocycles. The summed E-state index contributed by atoms with van der Waals surface area (Å²) >= 11 is 0. The maximum absolute atomic E-state index is 13.2. The van der Waals surface area contributed by atoms with Gasteiger partial charge in [0.15, 0.2) is 0 Å². The van der Waals surface area contributed by atoms with E-state index in [4.69, 9.17) is 0 Å². The molecule has 0 saturated carbocycles. The lowest BCUT2D eigenvalue weighted by molar-refractivity contribution is 0.582. The van der Waals surface area contributed by atoms with Crippen LogP contribution in [0, 0.1) is 11.6 Å². The second-order valence-electron chi connectivity index (χ2n) is 3.25. The Balaban J connectivity index is 2.06. The summed E-state index contributed by atoms with van der Waals surface area (Å²) in [4.78, 5) is 3.97. The van der Waals surface area contributed by atoms with Crippen LogP contribution >= 0.6 is 0 Å². The van der Waals surface area contributed by atoms with Gasteiger partial charge in [-0.15, -0.1) is 0 Å². The predicted octanol–water partition coefficient (Wildman–Crippen LogP) is 2.81. The number of anilines is 1. The molecule has 0 bridgehead atoms. The molecule has 17 heavy (non-hydrogen) atoms.